The van der Waals surface area contributed by atoms with Crippen molar-refractivity contribution in [1.82, 2.24) is 0 Å². The Hall–Kier alpha value is -1.61. The fourth-order valence-corrected chi connectivity index (χ4v) is 3.65. The molecule has 2 aromatic rings. The summed E-state index contributed by atoms with van der Waals surface area (Å²) in [4.78, 5) is 12.4. The minimum absolute atomic E-state index is 0.0675. The lowest BCUT2D eigenvalue weighted by atomic mass is 10.0. The van der Waals surface area contributed by atoms with Crippen molar-refractivity contribution in [2.45, 2.75) is 31.4 Å². The van der Waals surface area contributed by atoms with Crippen LogP contribution in [0.3, 0.4) is 0 Å². The summed E-state index contributed by atoms with van der Waals surface area (Å²) in [5, 5.41) is -0.125. The van der Waals surface area contributed by atoms with Crippen molar-refractivity contribution >= 4 is 17.5 Å². The van der Waals surface area contributed by atoms with E-state index in [1.807, 2.05) is 36.4 Å². The van der Waals surface area contributed by atoms with Crippen molar-refractivity contribution in [3.8, 4) is 0 Å². The summed E-state index contributed by atoms with van der Waals surface area (Å²) in [7, 11) is 0. The van der Waals surface area contributed by atoms with Crippen LogP contribution in [0.15, 0.2) is 54.6 Å². The van der Waals surface area contributed by atoms with Crippen LogP contribution in [0, 0.1) is 5.82 Å². The van der Waals surface area contributed by atoms with E-state index < -0.39 is 0 Å². The monoisotopic (exact) mass is 316 g/mol. The summed E-state index contributed by atoms with van der Waals surface area (Å²) in [5.41, 5.74) is 1.33. The van der Waals surface area contributed by atoms with Crippen molar-refractivity contribution in [3.05, 3.63) is 71.5 Å². The molecule has 0 heterocycles. The van der Waals surface area contributed by atoms with E-state index in [1.54, 1.807) is 23.9 Å². The Morgan fingerprint density at radius 1 is 1.09 bits per heavy atom. The largest absolute Gasteiger partial charge is 0.294 e. The van der Waals surface area contributed by atoms with Crippen molar-refractivity contribution < 1.29 is 9.18 Å². The molecule has 0 saturated heterocycles. The summed E-state index contributed by atoms with van der Waals surface area (Å²) < 4.78 is 14.1. The number of carbonyl (C=O) groups excluding carboxylic acids is 1. The molecule has 0 aromatic heterocycles. The van der Waals surface area contributed by atoms with Crippen LogP contribution in [-0.2, 0) is 0 Å². The number of hydrogen-bond acceptors (Lipinski definition) is 2. The van der Waals surface area contributed by atoms with Gasteiger partial charge >= 0.3 is 0 Å². The third-order valence-electron chi connectivity index (χ3n) is 3.54. The molecule has 0 aliphatic heterocycles. The molecule has 2 rings (SSSR count). The van der Waals surface area contributed by atoms with E-state index in [0.29, 0.717) is 17.5 Å². The van der Waals surface area contributed by atoms with Gasteiger partial charge in [0, 0.05) is 22.8 Å². The van der Waals surface area contributed by atoms with Gasteiger partial charge in [0.15, 0.2) is 5.78 Å². The Bertz CT molecular complexity index is 597. The molecule has 0 aliphatic rings. The fourth-order valence-electron chi connectivity index (χ4n) is 2.28. The van der Waals surface area contributed by atoms with E-state index in [1.165, 1.54) is 6.07 Å². The van der Waals surface area contributed by atoms with E-state index in [2.05, 4.69) is 6.92 Å². The second-order valence-electron chi connectivity index (χ2n) is 5.23. The third-order valence-corrected chi connectivity index (χ3v) is 4.88. The zero-order chi connectivity index (χ0) is 15.8. The summed E-state index contributed by atoms with van der Waals surface area (Å²) in [6.07, 6.45) is 2.51. The quantitative estimate of drug-likeness (QED) is 0.461. The molecule has 0 amide bonds. The van der Waals surface area contributed by atoms with Gasteiger partial charge in [-0.3, -0.25) is 4.79 Å². The molecule has 3 heteroatoms. The maximum absolute atomic E-state index is 14.1. The molecular formula is C19H21FOS. The smallest absolute Gasteiger partial charge is 0.164 e. The van der Waals surface area contributed by atoms with Crippen LogP contribution in [0.4, 0.5) is 4.39 Å². The predicted octanol–water partition coefficient (Wildman–Crippen LogP) is 5.67. The van der Waals surface area contributed by atoms with Gasteiger partial charge in [-0.2, -0.15) is 11.8 Å². The minimum atomic E-state index is -0.225. The Morgan fingerprint density at radius 3 is 2.45 bits per heavy atom. The first-order valence-corrected chi connectivity index (χ1v) is 8.71. The highest BCUT2D eigenvalue weighted by molar-refractivity contribution is 7.99. The molecule has 2 aromatic carbocycles. The molecule has 1 unspecified atom stereocenters. The number of halogens is 1. The number of benzene rings is 2. The lowest BCUT2D eigenvalue weighted by Crippen LogP contribution is -2.07. The summed E-state index contributed by atoms with van der Waals surface area (Å²) in [6.45, 7) is 2.13. The first-order chi connectivity index (χ1) is 10.7. The van der Waals surface area contributed by atoms with Crippen LogP contribution in [0.5, 0.6) is 0 Å². The van der Waals surface area contributed by atoms with E-state index in [-0.39, 0.29) is 16.9 Å². The predicted molar refractivity (Wildman–Crippen MR) is 91.9 cm³/mol. The molecular weight excluding hydrogens is 295 g/mol. The number of ketones is 1. The first kappa shape index (κ1) is 16.8. The average molecular weight is 316 g/mol. The summed E-state index contributed by atoms with van der Waals surface area (Å²) in [5.74, 6) is 0.785. The van der Waals surface area contributed by atoms with Crippen molar-refractivity contribution in [2.24, 2.45) is 0 Å². The fraction of sp³-hybridized carbons (Fsp3) is 0.316. The highest BCUT2D eigenvalue weighted by Gasteiger charge is 2.20. The van der Waals surface area contributed by atoms with E-state index in [4.69, 9.17) is 0 Å². The van der Waals surface area contributed by atoms with Gasteiger partial charge in [0.1, 0.15) is 5.82 Å². The zero-order valence-electron chi connectivity index (χ0n) is 12.8. The molecule has 22 heavy (non-hydrogen) atoms. The van der Waals surface area contributed by atoms with Crippen LogP contribution >= 0.6 is 11.8 Å². The molecule has 0 saturated carbocycles. The normalized spacial score (nSPS) is 12.1. The number of thioether (sulfide) groups is 1. The standard InChI is InChI=1S/C19H21FOS/c1-2-3-13-22-19(16-11-7-8-12-17(16)20)14-18(21)15-9-5-4-6-10-15/h4-12,19H,2-3,13-14H2,1H3. The Morgan fingerprint density at radius 2 is 1.77 bits per heavy atom. The Kier molecular flexibility index (Phi) is 6.66. The number of unbranched alkanes of at least 4 members (excludes halogenated alkanes) is 1. The molecule has 0 radical (unpaired) electrons. The lowest BCUT2D eigenvalue weighted by molar-refractivity contribution is 0.0982. The highest BCUT2D eigenvalue weighted by atomic mass is 32.2. The second-order valence-corrected chi connectivity index (χ2v) is 6.54. The Labute approximate surface area is 135 Å². The molecule has 116 valence electrons. The summed E-state index contributed by atoms with van der Waals surface area (Å²) in [6, 6.07) is 16.0. The van der Waals surface area contributed by atoms with Gasteiger partial charge in [-0.15, -0.1) is 0 Å². The molecule has 1 nitrogen and oxygen atoms in total. The number of rotatable bonds is 8. The maximum Gasteiger partial charge on any atom is 0.164 e. The van der Waals surface area contributed by atoms with Crippen molar-refractivity contribution in [3.63, 3.8) is 0 Å². The van der Waals surface area contributed by atoms with E-state index >= 15 is 0 Å². The average Bonchev–Trinajstić information content (AvgIpc) is 2.55. The van der Waals surface area contributed by atoms with Crippen LogP contribution in [0.2, 0.25) is 0 Å². The van der Waals surface area contributed by atoms with E-state index in [0.717, 1.165) is 18.6 Å². The number of Topliss-reactive ketones (excluding diaryl/α,β-unsaturated/α-hetero) is 1. The molecule has 0 N–H and O–H groups in total. The summed E-state index contributed by atoms with van der Waals surface area (Å²) >= 11 is 1.68. The van der Waals surface area contributed by atoms with Crippen LogP contribution in [0.1, 0.15) is 47.4 Å². The van der Waals surface area contributed by atoms with Gasteiger partial charge in [0.05, 0.1) is 0 Å². The van der Waals surface area contributed by atoms with Gasteiger partial charge in [0.25, 0.3) is 0 Å². The van der Waals surface area contributed by atoms with Crippen molar-refractivity contribution in [2.75, 3.05) is 5.75 Å². The van der Waals surface area contributed by atoms with Gasteiger partial charge in [-0.05, 0) is 18.2 Å². The van der Waals surface area contributed by atoms with Crippen molar-refractivity contribution in [1.29, 1.82) is 0 Å². The molecule has 0 spiro atoms. The van der Waals surface area contributed by atoms with Crippen LogP contribution in [0.25, 0.3) is 0 Å². The number of hydrogen-bond donors (Lipinski definition) is 0. The van der Waals surface area contributed by atoms with Gasteiger partial charge in [0.2, 0.25) is 0 Å². The molecule has 1 atom stereocenters. The minimum Gasteiger partial charge on any atom is -0.294 e. The van der Waals surface area contributed by atoms with Gasteiger partial charge < -0.3 is 0 Å². The molecule has 0 bridgehead atoms. The van der Waals surface area contributed by atoms with Gasteiger partial charge in [-0.1, -0.05) is 61.9 Å². The lowest BCUT2D eigenvalue weighted by Gasteiger charge is -2.17. The SMILES string of the molecule is CCCCSC(CC(=O)c1ccccc1)c1ccccc1F. The first-order valence-electron chi connectivity index (χ1n) is 7.66. The third kappa shape index (κ3) is 4.70. The zero-order valence-corrected chi connectivity index (χ0v) is 13.6. The molecule has 0 fully saturated rings. The number of carbonyl (C=O) groups is 1. The van der Waals surface area contributed by atoms with Crippen LogP contribution in [-0.4, -0.2) is 11.5 Å². The molecule has 0 aliphatic carbocycles. The van der Waals surface area contributed by atoms with E-state index in [9.17, 15) is 9.18 Å². The Balaban J connectivity index is 2.14. The topological polar surface area (TPSA) is 17.1 Å². The highest BCUT2D eigenvalue weighted by Crippen LogP contribution is 2.35. The second kappa shape index (κ2) is 8.74. The maximum atomic E-state index is 14.1. The van der Waals surface area contributed by atoms with Gasteiger partial charge in [-0.25, -0.2) is 4.39 Å². The van der Waals surface area contributed by atoms with Crippen LogP contribution < -0.4 is 0 Å².